The first-order valence-electron chi connectivity index (χ1n) is 9.42. The van der Waals surface area contributed by atoms with Gasteiger partial charge in [-0.15, -0.1) is 0 Å². The van der Waals surface area contributed by atoms with Crippen molar-refractivity contribution in [3.8, 4) is 0 Å². The topological polar surface area (TPSA) is 66.4 Å². The minimum absolute atomic E-state index is 0.0782. The van der Waals surface area contributed by atoms with Gasteiger partial charge in [-0.25, -0.2) is 0 Å². The summed E-state index contributed by atoms with van der Waals surface area (Å²) in [6.45, 7) is 14.2. The van der Waals surface area contributed by atoms with Crippen LogP contribution in [0.2, 0.25) is 0 Å². The Labute approximate surface area is 151 Å². The molecule has 0 spiro atoms. The Morgan fingerprint density at radius 2 is 2.16 bits per heavy atom. The van der Waals surface area contributed by atoms with E-state index in [1.165, 1.54) is 7.11 Å². The fourth-order valence-electron chi connectivity index (χ4n) is 3.74. The van der Waals surface area contributed by atoms with E-state index in [2.05, 4.69) is 42.8 Å². The molecule has 2 fully saturated rings. The number of ether oxygens (including phenoxy) is 2. The highest BCUT2D eigenvalue weighted by Gasteiger charge is 2.37. The lowest BCUT2D eigenvalue weighted by molar-refractivity contribution is -0.145. The minimum Gasteiger partial charge on any atom is -0.469 e. The van der Waals surface area contributed by atoms with Crippen LogP contribution in [0.4, 0.5) is 0 Å². The summed E-state index contributed by atoms with van der Waals surface area (Å²) in [4.78, 5) is 21.4. The highest BCUT2D eigenvalue weighted by molar-refractivity contribution is 5.82. The molecule has 0 aromatic heterocycles. The third kappa shape index (κ3) is 5.07. The lowest BCUT2D eigenvalue weighted by Gasteiger charge is -2.37. The van der Waals surface area contributed by atoms with Gasteiger partial charge in [0.15, 0.2) is 5.96 Å². The Hall–Kier alpha value is -1.34. The summed E-state index contributed by atoms with van der Waals surface area (Å²) in [5.41, 5.74) is 0. The summed E-state index contributed by atoms with van der Waals surface area (Å²) in [6.07, 6.45) is 0. The van der Waals surface area contributed by atoms with E-state index in [9.17, 15) is 4.79 Å². The van der Waals surface area contributed by atoms with Gasteiger partial charge in [0.05, 0.1) is 32.8 Å². The SMILES string of the molecule is CCNC(=NCC(C)N1CCOCC1C)N1CC(C)C(C(=O)OC)C1. The number of hydrogen-bond acceptors (Lipinski definition) is 5. The predicted molar refractivity (Wildman–Crippen MR) is 98.7 cm³/mol. The van der Waals surface area contributed by atoms with Crippen LogP contribution in [0.25, 0.3) is 0 Å². The molecule has 0 aromatic carbocycles. The first-order chi connectivity index (χ1) is 12.0. The van der Waals surface area contributed by atoms with Gasteiger partial charge in [0.1, 0.15) is 0 Å². The van der Waals surface area contributed by atoms with Gasteiger partial charge in [0, 0.05) is 38.3 Å². The Kier molecular flexibility index (Phi) is 7.50. The molecule has 0 bridgehead atoms. The van der Waals surface area contributed by atoms with Crippen molar-refractivity contribution in [1.82, 2.24) is 15.1 Å². The molecule has 0 saturated carbocycles. The molecule has 7 heteroatoms. The first-order valence-corrected chi connectivity index (χ1v) is 9.42. The molecule has 2 rings (SSSR count). The number of esters is 1. The zero-order chi connectivity index (χ0) is 18.4. The van der Waals surface area contributed by atoms with Gasteiger partial charge >= 0.3 is 5.97 Å². The minimum atomic E-state index is -0.124. The summed E-state index contributed by atoms with van der Waals surface area (Å²) in [7, 11) is 1.46. The van der Waals surface area contributed by atoms with Gasteiger partial charge in [-0.2, -0.15) is 0 Å². The van der Waals surface area contributed by atoms with Crippen molar-refractivity contribution in [2.24, 2.45) is 16.8 Å². The molecule has 0 amide bonds. The van der Waals surface area contributed by atoms with Crippen LogP contribution in [0.3, 0.4) is 0 Å². The van der Waals surface area contributed by atoms with E-state index in [0.717, 1.165) is 45.4 Å². The summed E-state index contributed by atoms with van der Waals surface area (Å²) < 4.78 is 10.5. The lowest BCUT2D eigenvalue weighted by Crippen LogP contribution is -2.49. The number of nitrogens with zero attached hydrogens (tertiary/aromatic N) is 3. The molecular formula is C18H34N4O3. The molecule has 0 aromatic rings. The van der Waals surface area contributed by atoms with Crippen LogP contribution in [0.1, 0.15) is 27.7 Å². The smallest absolute Gasteiger partial charge is 0.310 e. The first kappa shape index (κ1) is 20.0. The maximum Gasteiger partial charge on any atom is 0.310 e. The van der Waals surface area contributed by atoms with E-state index in [1.54, 1.807) is 0 Å². The molecule has 25 heavy (non-hydrogen) atoms. The molecule has 144 valence electrons. The van der Waals surface area contributed by atoms with Gasteiger partial charge < -0.3 is 19.7 Å². The lowest BCUT2D eigenvalue weighted by atomic mass is 9.99. The van der Waals surface area contributed by atoms with E-state index in [4.69, 9.17) is 14.5 Å². The fourth-order valence-corrected chi connectivity index (χ4v) is 3.74. The van der Waals surface area contributed by atoms with Crippen LogP contribution in [0, 0.1) is 11.8 Å². The molecular weight excluding hydrogens is 320 g/mol. The van der Waals surface area contributed by atoms with Crippen molar-refractivity contribution in [1.29, 1.82) is 0 Å². The number of morpholine rings is 1. The van der Waals surface area contributed by atoms with Crippen LogP contribution in [0.15, 0.2) is 4.99 Å². The van der Waals surface area contributed by atoms with Crippen LogP contribution >= 0.6 is 0 Å². The third-order valence-electron chi connectivity index (χ3n) is 5.24. The number of hydrogen-bond donors (Lipinski definition) is 1. The van der Waals surface area contributed by atoms with E-state index >= 15 is 0 Å². The molecule has 7 nitrogen and oxygen atoms in total. The quantitative estimate of drug-likeness (QED) is 0.448. The van der Waals surface area contributed by atoms with Crippen molar-refractivity contribution in [3.63, 3.8) is 0 Å². The summed E-state index contributed by atoms with van der Waals surface area (Å²) in [5, 5.41) is 3.37. The number of nitrogens with one attached hydrogen (secondary N) is 1. The predicted octanol–water partition coefficient (Wildman–Crippen LogP) is 0.802. The standard InChI is InChI=1S/C18H34N4O3/c1-6-19-18(21-10-13(2)16(11-21)17(23)24-5)20-9-14(3)22-7-8-25-12-15(22)4/h13-16H,6-12H2,1-5H3,(H,19,20). The summed E-state index contributed by atoms with van der Waals surface area (Å²) in [6, 6.07) is 0.793. The molecule has 1 N–H and O–H groups in total. The zero-order valence-electron chi connectivity index (χ0n) is 16.3. The summed E-state index contributed by atoms with van der Waals surface area (Å²) in [5.74, 6) is 0.966. The molecule has 4 atom stereocenters. The average molecular weight is 354 g/mol. The third-order valence-corrected chi connectivity index (χ3v) is 5.24. The van der Waals surface area contributed by atoms with Gasteiger partial charge in [0.2, 0.25) is 0 Å². The fraction of sp³-hybridized carbons (Fsp3) is 0.889. The van der Waals surface area contributed by atoms with Gasteiger partial charge in [0.25, 0.3) is 0 Å². The number of aliphatic imine (C=N–C) groups is 1. The van der Waals surface area contributed by atoms with Gasteiger partial charge in [-0.3, -0.25) is 14.7 Å². The second-order valence-electron chi connectivity index (χ2n) is 7.22. The van der Waals surface area contributed by atoms with Crippen LogP contribution in [-0.2, 0) is 14.3 Å². The van der Waals surface area contributed by atoms with Crippen LogP contribution < -0.4 is 5.32 Å². The highest BCUT2D eigenvalue weighted by Crippen LogP contribution is 2.24. The Balaban J connectivity index is 1.99. The van der Waals surface area contributed by atoms with Crippen molar-refractivity contribution in [2.75, 3.05) is 53.0 Å². The van der Waals surface area contributed by atoms with E-state index in [1.807, 2.05) is 0 Å². The maximum atomic E-state index is 11.9. The molecule has 2 aliphatic heterocycles. The monoisotopic (exact) mass is 354 g/mol. The largest absolute Gasteiger partial charge is 0.469 e. The number of likely N-dealkylation sites (tertiary alicyclic amines) is 1. The highest BCUT2D eigenvalue weighted by atomic mass is 16.5. The van der Waals surface area contributed by atoms with Gasteiger partial charge in [-0.1, -0.05) is 6.92 Å². The van der Waals surface area contributed by atoms with Crippen LogP contribution in [-0.4, -0.2) is 86.9 Å². The van der Waals surface area contributed by atoms with Crippen molar-refractivity contribution < 1.29 is 14.3 Å². The second-order valence-corrected chi connectivity index (χ2v) is 7.22. The molecule has 0 radical (unpaired) electrons. The summed E-state index contributed by atoms with van der Waals surface area (Å²) >= 11 is 0. The number of guanidine groups is 1. The molecule has 2 heterocycles. The molecule has 0 aliphatic carbocycles. The number of carbonyl (C=O) groups excluding carboxylic acids is 1. The van der Waals surface area contributed by atoms with Gasteiger partial charge in [-0.05, 0) is 26.7 Å². The average Bonchev–Trinajstić information content (AvgIpc) is 2.99. The number of carbonyl (C=O) groups is 1. The Morgan fingerprint density at radius 1 is 1.40 bits per heavy atom. The van der Waals surface area contributed by atoms with E-state index in [0.29, 0.717) is 18.6 Å². The Morgan fingerprint density at radius 3 is 2.80 bits per heavy atom. The molecule has 4 unspecified atom stereocenters. The Bertz CT molecular complexity index is 471. The van der Waals surface area contributed by atoms with Crippen molar-refractivity contribution in [2.45, 2.75) is 39.8 Å². The molecule has 2 saturated heterocycles. The normalized spacial score (nSPS) is 29.6. The zero-order valence-corrected chi connectivity index (χ0v) is 16.3. The molecule has 2 aliphatic rings. The van der Waals surface area contributed by atoms with E-state index in [-0.39, 0.29) is 17.8 Å². The second kappa shape index (κ2) is 9.38. The van der Waals surface area contributed by atoms with E-state index < -0.39 is 0 Å². The van der Waals surface area contributed by atoms with Crippen molar-refractivity contribution >= 4 is 11.9 Å². The van der Waals surface area contributed by atoms with Crippen LogP contribution in [0.5, 0.6) is 0 Å². The van der Waals surface area contributed by atoms with Crippen molar-refractivity contribution in [3.05, 3.63) is 0 Å². The number of rotatable bonds is 5. The maximum absolute atomic E-state index is 11.9. The number of methoxy groups -OCH3 is 1.